The molecule has 0 radical (unpaired) electrons. The van der Waals surface area contributed by atoms with Gasteiger partial charge in [-0.05, 0) is 12.1 Å². The van der Waals surface area contributed by atoms with E-state index in [2.05, 4.69) is 10.9 Å². The van der Waals surface area contributed by atoms with Crippen molar-refractivity contribution in [2.75, 3.05) is 0 Å². The summed E-state index contributed by atoms with van der Waals surface area (Å²) < 4.78 is 0. The first kappa shape index (κ1) is 6.06. The number of hydrogen-bond acceptors (Lipinski definition) is 0. The number of para-hydroxylation sites is 1. The summed E-state index contributed by atoms with van der Waals surface area (Å²) in [6.45, 7) is 0. The molecular formula is C10H7N. The number of H-pyrrole nitrogens is 1. The molecule has 1 heteroatoms. The molecule has 1 N–H and O–H groups in total. The third-order valence-electron chi connectivity index (χ3n) is 1.74. The van der Waals surface area contributed by atoms with E-state index < -0.39 is 0 Å². The van der Waals surface area contributed by atoms with E-state index in [-0.39, 0.29) is 0 Å². The molecule has 0 fully saturated rings. The topological polar surface area (TPSA) is 15.8 Å². The summed E-state index contributed by atoms with van der Waals surface area (Å²) >= 11 is 0. The molecule has 1 nitrogen and oxygen atoms in total. The lowest BCUT2D eigenvalue weighted by atomic mass is 10.1. The lowest BCUT2D eigenvalue weighted by Gasteiger charge is -1.91. The van der Waals surface area contributed by atoms with Crippen molar-refractivity contribution in [3.05, 3.63) is 36.0 Å². The van der Waals surface area contributed by atoms with Gasteiger partial charge in [0.05, 0.1) is 5.52 Å². The van der Waals surface area contributed by atoms with E-state index >= 15 is 0 Å². The van der Waals surface area contributed by atoms with E-state index in [1.165, 1.54) is 5.39 Å². The first-order valence-electron chi connectivity index (χ1n) is 3.44. The van der Waals surface area contributed by atoms with Gasteiger partial charge in [0.2, 0.25) is 0 Å². The first-order valence-corrected chi connectivity index (χ1v) is 3.44. The predicted octanol–water partition coefficient (Wildman–Crippen LogP) is 2.15. The van der Waals surface area contributed by atoms with Crippen LogP contribution in [-0.4, -0.2) is 4.98 Å². The van der Waals surface area contributed by atoms with E-state index in [0.717, 1.165) is 11.1 Å². The predicted molar refractivity (Wildman–Crippen MR) is 46.2 cm³/mol. The van der Waals surface area contributed by atoms with Crippen LogP contribution in [0.2, 0.25) is 0 Å². The van der Waals surface area contributed by atoms with Gasteiger partial charge in [-0.2, -0.15) is 0 Å². The van der Waals surface area contributed by atoms with Crippen molar-refractivity contribution < 1.29 is 0 Å². The van der Waals surface area contributed by atoms with Crippen LogP contribution in [-0.2, 0) is 0 Å². The van der Waals surface area contributed by atoms with Gasteiger partial charge in [0.25, 0.3) is 0 Å². The second-order valence-corrected chi connectivity index (χ2v) is 2.39. The second kappa shape index (κ2) is 2.17. The maximum Gasteiger partial charge on any atom is 0.0612 e. The minimum atomic E-state index is 0.924. The number of aromatic amines is 1. The fraction of sp³-hybridized carbons (Fsp3) is 0. The number of rotatable bonds is 0. The number of fused-ring (bicyclic) bond motifs is 1. The number of terminal acetylenes is 1. The Morgan fingerprint density at radius 3 is 3.00 bits per heavy atom. The molecule has 0 aliphatic heterocycles. The highest BCUT2D eigenvalue weighted by Gasteiger charge is 1.96. The summed E-state index contributed by atoms with van der Waals surface area (Å²) in [5, 5.41) is 1.17. The van der Waals surface area contributed by atoms with E-state index in [9.17, 15) is 0 Å². The van der Waals surface area contributed by atoms with Crippen LogP contribution in [0, 0.1) is 12.3 Å². The molecule has 0 atom stereocenters. The molecule has 11 heavy (non-hydrogen) atoms. The molecule has 0 unspecified atom stereocenters. The highest BCUT2D eigenvalue weighted by Crippen LogP contribution is 2.15. The van der Waals surface area contributed by atoms with Crippen molar-refractivity contribution in [1.82, 2.24) is 4.98 Å². The maximum absolute atomic E-state index is 5.31. The lowest BCUT2D eigenvalue weighted by Crippen LogP contribution is -1.75. The van der Waals surface area contributed by atoms with Gasteiger partial charge in [-0.15, -0.1) is 6.42 Å². The summed E-state index contributed by atoms with van der Waals surface area (Å²) in [6, 6.07) is 7.94. The third-order valence-corrected chi connectivity index (χ3v) is 1.74. The van der Waals surface area contributed by atoms with Crippen molar-refractivity contribution in [3.8, 4) is 12.3 Å². The largest absolute Gasteiger partial charge is 0.360 e. The Morgan fingerprint density at radius 1 is 1.27 bits per heavy atom. The molecule has 0 amide bonds. The molecule has 0 aliphatic carbocycles. The third kappa shape index (κ3) is 0.805. The van der Waals surface area contributed by atoms with Crippen molar-refractivity contribution in [2.45, 2.75) is 0 Å². The zero-order valence-corrected chi connectivity index (χ0v) is 5.96. The molecule has 1 aromatic heterocycles. The molecule has 0 saturated heterocycles. The molecule has 0 aliphatic rings. The Morgan fingerprint density at radius 2 is 2.18 bits per heavy atom. The van der Waals surface area contributed by atoms with Gasteiger partial charge in [0.15, 0.2) is 0 Å². The standard InChI is InChI=1S/C10H7N/c1-2-8-4-3-5-9-6-7-11-10(8)9/h1,3-7,11H. The quantitative estimate of drug-likeness (QED) is 0.541. The van der Waals surface area contributed by atoms with E-state index in [1.807, 2.05) is 30.5 Å². The van der Waals surface area contributed by atoms with Crippen LogP contribution in [0.3, 0.4) is 0 Å². The summed E-state index contributed by atoms with van der Waals surface area (Å²) in [5.41, 5.74) is 1.97. The van der Waals surface area contributed by atoms with Gasteiger partial charge >= 0.3 is 0 Å². The highest BCUT2D eigenvalue weighted by atomic mass is 14.7. The van der Waals surface area contributed by atoms with Crippen molar-refractivity contribution in [3.63, 3.8) is 0 Å². The van der Waals surface area contributed by atoms with Crippen LogP contribution in [0.4, 0.5) is 0 Å². The summed E-state index contributed by atoms with van der Waals surface area (Å²) in [4.78, 5) is 3.10. The number of benzene rings is 1. The normalized spacial score (nSPS) is 9.73. The van der Waals surface area contributed by atoms with E-state index in [1.54, 1.807) is 0 Å². The Bertz CT molecular complexity index is 418. The molecule has 0 spiro atoms. The van der Waals surface area contributed by atoms with E-state index in [4.69, 9.17) is 6.42 Å². The van der Waals surface area contributed by atoms with Crippen molar-refractivity contribution in [2.24, 2.45) is 0 Å². The first-order chi connectivity index (χ1) is 5.42. The monoisotopic (exact) mass is 141 g/mol. The number of nitrogens with one attached hydrogen (secondary N) is 1. The van der Waals surface area contributed by atoms with Gasteiger partial charge in [-0.3, -0.25) is 0 Å². The molecule has 0 bridgehead atoms. The molecule has 2 rings (SSSR count). The van der Waals surface area contributed by atoms with Gasteiger partial charge in [0, 0.05) is 17.1 Å². The average Bonchev–Trinajstić information content (AvgIpc) is 2.50. The smallest absolute Gasteiger partial charge is 0.0612 e. The molecule has 1 aromatic carbocycles. The van der Waals surface area contributed by atoms with Crippen molar-refractivity contribution in [1.29, 1.82) is 0 Å². The highest BCUT2D eigenvalue weighted by molar-refractivity contribution is 5.84. The summed E-state index contributed by atoms with van der Waals surface area (Å²) in [5.74, 6) is 2.62. The Hall–Kier alpha value is -1.68. The van der Waals surface area contributed by atoms with Gasteiger partial charge in [-0.1, -0.05) is 18.1 Å². The maximum atomic E-state index is 5.31. The lowest BCUT2D eigenvalue weighted by molar-refractivity contribution is 1.47. The minimum Gasteiger partial charge on any atom is -0.360 e. The van der Waals surface area contributed by atoms with Crippen LogP contribution in [0.5, 0.6) is 0 Å². The second-order valence-electron chi connectivity index (χ2n) is 2.39. The van der Waals surface area contributed by atoms with Crippen LogP contribution in [0.15, 0.2) is 30.5 Å². The van der Waals surface area contributed by atoms with Crippen LogP contribution in [0.25, 0.3) is 10.9 Å². The van der Waals surface area contributed by atoms with Crippen LogP contribution < -0.4 is 0 Å². The number of aromatic nitrogens is 1. The fourth-order valence-corrected chi connectivity index (χ4v) is 1.21. The minimum absolute atomic E-state index is 0.924. The Labute approximate surface area is 65.1 Å². The molecule has 0 saturated carbocycles. The fourth-order valence-electron chi connectivity index (χ4n) is 1.21. The van der Waals surface area contributed by atoms with Gasteiger partial charge in [0.1, 0.15) is 0 Å². The van der Waals surface area contributed by atoms with Crippen LogP contribution >= 0.6 is 0 Å². The average molecular weight is 141 g/mol. The van der Waals surface area contributed by atoms with Crippen LogP contribution in [0.1, 0.15) is 5.56 Å². The zero-order chi connectivity index (χ0) is 7.68. The molecule has 1 heterocycles. The Balaban J connectivity index is 2.92. The zero-order valence-electron chi connectivity index (χ0n) is 5.96. The molecule has 2 aromatic rings. The Kier molecular flexibility index (Phi) is 1.20. The van der Waals surface area contributed by atoms with Gasteiger partial charge in [-0.25, -0.2) is 0 Å². The summed E-state index contributed by atoms with van der Waals surface area (Å²) in [6.07, 6.45) is 7.20. The molecule has 52 valence electrons. The van der Waals surface area contributed by atoms with Crippen molar-refractivity contribution >= 4 is 10.9 Å². The number of hydrogen-bond donors (Lipinski definition) is 1. The summed E-state index contributed by atoms with van der Waals surface area (Å²) in [7, 11) is 0. The van der Waals surface area contributed by atoms with Gasteiger partial charge < -0.3 is 4.98 Å². The SMILES string of the molecule is C#Cc1cccc2cc[nH]c12. The molecular weight excluding hydrogens is 134 g/mol. The van der Waals surface area contributed by atoms with E-state index in [0.29, 0.717) is 0 Å².